The molecule has 0 bridgehead atoms. The average Bonchev–Trinajstić information content (AvgIpc) is 2.97. The van der Waals surface area contributed by atoms with Crippen molar-refractivity contribution in [3.63, 3.8) is 0 Å². The molecule has 24 heavy (non-hydrogen) atoms. The van der Waals surface area contributed by atoms with Crippen LogP contribution in [0.1, 0.15) is 90.4 Å². The molecule has 1 heterocycles. The minimum Gasteiger partial charge on any atom is -0.464 e. The highest BCUT2D eigenvalue weighted by molar-refractivity contribution is 5.96. The molecule has 1 saturated heterocycles. The Balaban J connectivity index is 1.88. The van der Waals surface area contributed by atoms with E-state index >= 15 is 0 Å². The lowest BCUT2D eigenvalue weighted by atomic mass is 10.1. The molecule has 4 heteroatoms. The second-order valence-corrected chi connectivity index (χ2v) is 6.57. The first kappa shape index (κ1) is 20.5. The van der Waals surface area contributed by atoms with E-state index in [1.807, 2.05) is 0 Å². The third-order valence-corrected chi connectivity index (χ3v) is 4.35. The maximum atomic E-state index is 11.6. The van der Waals surface area contributed by atoms with Crippen molar-refractivity contribution >= 4 is 11.9 Å². The second-order valence-electron chi connectivity index (χ2n) is 6.57. The summed E-state index contributed by atoms with van der Waals surface area (Å²) in [5.41, 5.74) is 0. The van der Waals surface area contributed by atoms with Crippen molar-refractivity contribution in [1.29, 1.82) is 0 Å². The van der Waals surface area contributed by atoms with Crippen molar-refractivity contribution in [2.45, 2.75) is 96.4 Å². The lowest BCUT2D eigenvalue weighted by Crippen LogP contribution is -2.37. The Bertz CT molecular complexity index is 422. The summed E-state index contributed by atoms with van der Waals surface area (Å²) in [5, 5.41) is 2.58. The highest BCUT2D eigenvalue weighted by Gasteiger charge is 2.27. The molecule has 0 radical (unpaired) electrons. The Kier molecular flexibility index (Phi) is 11.9. The van der Waals surface area contributed by atoms with Crippen LogP contribution in [0.4, 0.5) is 0 Å². The van der Waals surface area contributed by atoms with Gasteiger partial charge in [-0.25, -0.2) is 4.79 Å². The number of unbranched alkanes of at least 4 members (excludes halogenated alkanes) is 11. The SMILES string of the molecule is CCCCCCCCCCCCCC#CC(=O)N[C@H]1CCOC1=O. The Morgan fingerprint density at radius 2 is 1.62 bits per heavy atom. The van der Waals surface area contributed by atoms with Gasteiger partial charge in [0.05, 0.1) is 6.61 Å². The molecular formula is C20H33NO3. The lowest BCUT2D eigenvalue weighted by Gasteiger charge is -2.03. The second kappa shape index (κ2) is 13.9. The number of ether oxygens (including phenoxy) is 1. The summed E-state index contributed by atoms with van der Waals surface area (Å²) in [5.74, 6) is 4.72. The monoisotopic (exact) mass is 335 g/mol. The third-order valence-electron chi connectivity index (χ3n) is 4.35. The van der Waals surface area contributed by atoms with E-state index in [1.54, 1.807) is 0 Å². The van der Waals surface area contributed by atoms with Crippen LogP contribution in [0.25, 0.3) is 0 Å². The molecule has 1 N–H and O–H groups in total. The fourth-order valence-electron chi connectivity index (χ4n) is 2.84. The van der Waals surface area contributed by atoms with E-state index < -0.39 is 6.04 Å². The third kappa shape index (κ3) is 10.3. The molecular weight excluding hydrogens is 302 g/mol. The smallest absolute Gasteiger partial charge is 0.328 e. The number of hydrogen-bond donors (Lipinski definition) is 1. The molecule has 0 aromatic heterocycles. The van der Waals surface area contributed by atoms with Gasteiger partial charge in [0.1, 0.15) is 6.04 Å². The van der Waals surface area contributed by atoms with Crippen molar-refractivity contribution < 1.29 is 14.3 Å². The van der Waals surface area contributed by atoms with Gasteiger partial charge in [0.15, 0.2) is 0 Å². The van der Waals surface area contributed by atoms with Crippen LogP contribution in [-0.4, -0.2) is 24.5 Å². The molecule has 1 amide bonds. The topological polar surface area (TPSA) is 55.4 Å². The summed E-state index contributed by atoms with van der Waals surface area (Å²) < 4.78 is 4.79. The molecule has 0 aromatic carbocycles. The number of rotatable bonds is 12. The van der Waals surface area contributed by atoms with E-state index in [0.29, 0.717) is 13.0 Å². The quantitative estimate of drug-likeness (QED) is 0.331. The Labute approximate surface area is 147 Å². The molecule has 1 fully saturated rings. The number of nitrogens with one attached hydrogen (secondary N) is 1. The summed E-state index contributed by atoms with van der Waals surface area (Å²) in [7, 11) is 0. The Morgan fingerprint density at radius 3 is 2.17 bits per heavy atom. The first-order valence-electron chi connectivity index (χ1n) is 9.70. The first-order chi connectivity index (χ1) is 11.7. The summed E-state index contributed by atoms with van der Waals surface area (Å²) in [6, 6.07) is -0.506. The van der Waals surface area contributed by atoms with Crippen molar-refractivity contribution in [3.8, 4) is 11.8 Å². The van der Waals surface area contributed by atoms with Crippen molar-refractivity contribution in [2.24, 2.45) is 0 Å². The molecule has 136 valence electrons. The maximum absolute atomic E-state index is 11.6. The highest BCUT2D eigenvalue weighted by Crippen LogP contribution is 2.11. The fraction of sp³-hybridized carbons (Fsp3) is 0.800. The van der Waals surface area contributed by atoms with Crippen LogP contribution in [0.3, 0.4) is 0 Å². The average molecular weight is 335 g/mol. The molecule has 4 nitrogen and oxygen atoms in total. The van der Waals surface area contributed by atoms with Gasteiger partial charge in [0.2, 0.25) is 0 Å². The van der Waals surface area contributed by atoms with E-state index in [1.165, 1.54) is 64.2 Å². The molecule has 0 aliphatic carbocycles. The van der Waals surface area contributed by atoms with Gasteiger partial charge in [-0.15, -0.1) is 0 Å². The summed E-state index contributed by atoms with van der Waals surface area (Å²) in [6.45, 7) is 2.64. The van der Waals surface area contributed by atoms with Gasteiger partial charge in [-0.05, 0) is 12.3 Å². The molecule has 0 saturated carbocycles. The molecule has 1 rings (SSSR count). The number of esters is 1. The number of cyclic esters (lactones) is 1. The van der Waals surface area contributed by atoms with Crippen molar-refractivity contribution in [3.05, 3.63) is 0 Å². The van der Waals surface area contributed by atoms with Crippen LogP contribution in [0.5, 0.6) is 0 Å². The van der Waals surface area contributed by atoms with Crippen LogP contribution in [0.15, 0.2) is 0 Å². The van der Waals surface area contributed by atoms with Crippen LogP contribution < -0.4 is 5.32 Å². The molecule has 0 spiro atoms. The predicted octanol–water partition coefficient (Wildman–Crippen LogP) is 4.12. The summed E-state index contributed by atoms with van der Waals surface area (Å²) in [6.07, 6.45) is 15.7. The molecule has 1 aliphatic rings. The molecule has 1 atom stereocenters. The first-order valence-corrected chi connectivity index (χ1v) is 9.70. The number of hydrogen-bond acceptors (Lipinski definition) is 3. The van der Waals surface area contributed by atoms with Gasteiger partial charge < -0.3 is 10.1 Å². The Morgan fingerprint density at radius 1 is 1.04 bits per heavy atom. The van der Waals surface area contributed by atoms with E-state index in [9.17, 15) is 9.59 Å². The summed E-state index contributed by atoms with van der Waals surface area (Å²) >= 11 is 0. The van der Waals surface area contributed by atoms with E-state index in [0.717, 1.165) is 12.8 Å². The molecule has 1 aliphatic heterocycles. The lowest BCUT2D eigenvalue weighted by molar-refractivity contribution is -0.140. The minimum atomic E-state index is -0.506. The zero-order valence-electron chi connectivity index (χ0n) is 15.2. The largest absolute Gasteiger partial charge is 0.464 e. The van der Waals surface area contributed by atoms with E-state index in [-0.39, 0.29) is 11.9 Å². The zero-order chi connectivity index (χ0) is 17.5. The van der Waals surface area contributed by atoms with Gasteiger partial charge in [-0.3, -0.25) is 4.79 Å². The van der Waals surface area contributed by atoms with E-state index in [4.69, 9.17) is 4.74 Å². The van der Waals surface area contributed by atoms with Gasteiger partial charge >= 0.3 is 5.97 Å². The predicted molar refractivity (Wildman–Crippen MR) is 96.4 cm³/mol. The fourth-order valence-corrected chi connectivity index (χ4v) is 2.84. The van der Waals surface area contributed by atoms with Gasteiger partial charge in [-0.2, -0.15) is 0 Å². The van der Waals surface area contributed by atoms with Gasteiger partial charge in [0.25, 0.3) is 5.91 Å². The van der Waals surface area contributed by atoms with Crippen molar-refractivity contribution in [1.82, 2.24) is 5.32 Å². The molecule has 0 aromatic rings. The standard InChI is InChI=1S/C20H33NO3/c1-2-3-4-5-6-7-8-9-10-11-12-13-14-15-19(22)21-18-16-17-24-20(18)23/h18H,2-13,16-17H2,1H3,(H,21,22)/t18-/m0/s1. The number of carbonyl (C=O) groups is 2. The summed E-state index contributed by atoms with van der Waals surface area (Å²) in [4.78, 5) is 22.8. The molecule has 0 unspecified atom stereocenters. The number of amides is 1. The Hall–Kier alpha value is -1.50. The zero-order valence-corrected chi connectivity index (χ0v) is 15.2. The normalized spacial score (nSPS) is 16.4. The maximum Gasteiger partial charge on any atom is 0.328 e. The van der Waals surface area contributed by atoms with Crippen LogP contribution >= 0.6 is 0 Å². The van der Waals surface area contributed by atoms with Gasteiger partial charge in [0, 0.05) is 12.8 Å². The van der Waals surface area contributed by atoms with Crippen LogP contribution in [0.2, 0.25) is 0 Å². The number of carbonyl (C=O) groups excluding carboxylic acids is 2. The van der Waals surface area contributed by atoms with Gasteiger partial charge in [-0.1, -0.05) is 77.1 Å². The minimum absolute atomic E-state index is 0.351. The van der Waals surface area contributed by atoms with Crippen LogP contribution in [0, 0.1) is 11.8 Å². The van der Waals surface area contributed by atoms with Crippen molar-refractivity contribution in [2.75, 3.05) is 6.61 Å². The highest BCUT2D eigenvalue weighted by atomic mass is 16.5. The van der Waals surface area contributed by atoms with E-state index in [2.05, 4.69) is 24.1 Å². The van der Waals surface area contributed by atoms with Crippen LogP contribution in [-0.2, 0) is 14.3 Å².